The number of para-hydroxylation sites is 1. The van der Waals surface area contributed by atoms with E-state index in [0.717, 1.165) is 27.0 Å². The molecule has 7 heteroatoms. The lowest BCUT2D eigenvalue weighted by Gasteiger charge is -2.03. The molecular formula is C20H14BrN3OS2. The maximum atomic E-state index is 12.4. The summed E-state index contributed by atoms with van der Waals surface area (Å²) in [6.07, 6.45) is 3.81. The van der Waals surface area contributed by atoms with Gasteiger partial charge in [0.15, 0.2) is 0 Å². The van der Waals surface area contributed by atoms with Gasteiger partial charge in [-0.25, -0.2) is 4.68 Å². The summed E-state index contributed by atoms with van der Waals surface area (Å²) in [6.45, 7) is 0. The Morgan fingerprint density at radius 2 is 1.81 bits per heavy atom. The number of thioether (sulfide) groups is 1. The summed E-state index contributed by atoms with van der Waals surface area (Å²) < 4.78 is 3.39. The smallest absolute Gasteiger partial charge is 0.265 e. The molecule has 1 aliphatic heterocycles. The highest BCUT2D eigenvalue weighted by atomic mass is 79.9. The molecule has 4 rings (SSSR count). The number of nitrogens with zero attached hydrogens (tertiary/aromatic N) is 3. The number of carbonyl (C=O) groups excluding carboxylic acids is 1. The summed E-state index contributed by atoms with van der Waals surface area (Å²) in [6, 6.07) is 17.9. The Labute approximate surface area is 175 Å². The number of amides is 1. The predicted octanol–water partition coefficient (Wildman–Crippen LogP) is 5.13. The summed E-state index contributed by atoms with van der Waals surface area (Å²) >= 11 is 10.0. The summed E-state index contributed by atoms with van der Waals surface area (Å²) in [4.78, 5) is 14.5. The van der Waals surface area contributed by atoms with Crippen LogP contribution in [-0.2, 0) is 4.79 Å². The lowest BCUT2D eigenvalue weighted by Crippen LogP contribution is -2.22. The van der Waals surface area contributed by atoms with Gasteiger partial charge in [0.25, 0.3) is 5.91 Å². The lowest BCUT2D eigenvalue weighted by atomic mass is 10.1. The van der Waals surface area contributed by atoms with Crippen LogP contribution in [0, 0.1) is 0 Å². The second-order valence-corrected chi connectivity index (χ2v) is 8.55. The van der Waals surface area contributed by atoms with Crippen molar-refractivity contribution in [2.75, 3.05) is 7.05 Å². The van der Waals surface area contributed by atoms with Crippen LogP contribution < -0.4 is 0 Å². The molecule has 1 aliphatic rings. The second-order valence-electron chi connectivity index (χ2n) is 5.96. The molecule has 1 aromatic heterocycles. The zero-order valence-corrected chi connectivity index (χ0v) is 17.5. The molecule has 0 bridgehead atoms. The summed E-state index contributed by atoms with van der Waals surface area (Å²) in [5.41, 5.74) is 3.62. The van der Waals surface area contributed by atoms with E-state index >= 15 is 0 Å². The van der Waals surface area contributed by atoms with Crippen molar-refractivity contribution in [1.29, 1.82) is 0 Å². The van der Waals surface area contributed by atoms with Crippen LogP contribution in [0.3, 0.4) is 0 Å². The highest BCUT2D eigenvalue weighted by Gasteiger charge is 2.29. The van der Waals surface area contributed by atoms with Crippen molar-refractivity contribution in [3.63, 3.8) is 0 Å². The number of hydrogen-bond acceptors (Lipinski definition) is 4. The minimum absolute atomic E-state index is 0.0841. The van der Waals surface area contributed by atoms with Gasteiger partial charge in [0, 0.05) is 28.8 Å². The average Bonchev–Trinajstić information content (AvgIpc) is 3.20. The van der Waals surface area contributed by atoms with Crippen LogP contribution in [0.25, 0.3) is 23.0 Å². The Balaban J connectivity index is 1.84. The fourth-order valence-corrected chi connectivity index (χ4v) is 4.16. The van der Waals surface area contributed by atoms with Gasteiger partial charge in [-0.1, -0.05) is 70.2 Å². The number of likely N-dealkylation sites (N-methyl/N-ethyl adjacent to an activating group) is 1. The first kappa shape index (κ1) is 18.2. The van der Waals surface area contributed by atoms with Gasteiger partial charge < -0.3 is 0 Å². The third kappa shape index (κ3) is 3.63. The van der Waals surface area contributed by atoms with Gasteiger partial charge >= 0.3 is 0 Å². The van der Waals surface area contributed by atoms with Gasteiger partial charge in [-0.3, -0.25) is 9.69 Å². The second kappa shape index (κ2) is 7.42. The Bertz CT molecular complexity index is 1060. The van der Waals surface area contributed by atoms with E-state index in [4.69, 9.17) is 17.3 Å². The van der Waals surface area contributed by atoms with E-state index in [1.165, 1.54) is 16.7 Å². The van der Waals surface area contributed by atoms with Crippen molar-refractivity contribution in [3.05, 3.63) is 75.7 Å². The number of hydrogen-bond donors (Lipinski definition) is 0. The van der Waals surface area contributed by atoms with E-state index in [1.54, 1.807) is 7.05 Å². The molecule has 0 radical (unpaired) electrons. The Morgan fingerprint density at radius 3 is 2.44 bits per heavy atom. The minimum atomic E-state index is -0.0841. The monoisotopic (exact) mass is 455 g/mol. The van der Waals surface area contributed by atoms with Crippen LogP contribution in [0.2, 0.25) is 0 Å². The number of thiocarbonyl (C=S) groups is 1. The van der Waals surface area contributed by atoms with Crippen molar-refractivity contribution < 1.29 is 4.79 Å². The van der Waals surface area contributed by atoms with Crippen molar-refractivity contribution in [2.24, 2.45) is 0 Å². The van der Waals surface area contributed by atoms with Crippen molar-refractivity contribution >= 4 is 56.2 Å². The molecule has 0 atom stereocenters. The van der Waals surface area contributed by atoms with Crippen molar-refractivity contribution in [3.8, 4) is 16.9 Å². The fourth-order valence-electron chi connectivity index (χ4n) is 2.72. The largest absolute Gasteiger partial charge is 0.296 e. The maximum Gasteiger partial charge on any atom is 0.265 e. The molecule has 134 valence electrons. The Morgan fingerprint density at radius 1 is 1.11 bits per heavy atom. The van der Waals surface area contributed by atoms with Crippen LogP contribution in [-0.4, -0.2) is 32.0 Å². The highest BCUT2D eigenvalue weighted by Crippen LogP contribution is 2.34. The van der Waals surface area contributed by atoms with Crippen LogP contribution in [0.5, 0.6) is 0 Å². The number of rotatable bonds is 3. The quantitative estimate of drug-likeness (QED) is 0.405. The first-order chi connectivity index (χ1) is 13.0. The molecule has 2 aromatic carbocycles. The van der Waals surface area contributed by atoms with E-state index in [-0.39, 0.29) is 5.91 Å². The van der Waals surface area contributed by atoms with Gasteiger partial charge in [0.05, 0.1) is 16.3 Å². The molecule has 0 N–H and O–H groups in total. The SMILES string of the molecule is CN1C(=O)C(=Cc2cn(-c3ccccc3)nc2-c2ccc(Br)cc2)SC1=S. The molecule has 2 heterocycles. The number of halogens is 1. The molecule has 0 saturated carbocycles. The van der Waals surface area contributed by atoms with Gasteiger partial charge in [-0.2, -0.15) is 5.10 Å². The number of carbonyl (C=O) groups is 1. The molecule has 1 fully saturated rings. The first-order valence-electron chi connectivity index (χ1n) is 8.15. The maximum absolute atomic E-state index is 12.4. The molecule has 27 heavy (non-hydrogen) atoms. The predicted molar refractivity (Wildman–Crippen MR) is 118 cm³/mol. The molecule has 3 aromatic rings. The molecule has 0 spiro atoms. The first-order valence-corrected chi connectivity index (χ1v) is 10.2. The molecule has 1 saturated heterocycles. The van der Waals surface area contributed by atoms with Crippen molar-refractivity contribution in [2.45, 2.75) is 0 Å². The molecule has 0 unspecified atom stereocenters. The van der Waals surface area contributed by atoms with Crippen LogP contribution in [0.1, 0.15) is 5.56 Å². The average molecular weight is 456 g/mol. The van der Waals surface area contributed by atoms with Gasteiger partial charge in [-0.05, 0) is 30.3 Å². The van der Waals surface area contributed by atoms with E-state index in [9.17, 15) is 4.79 Å². The van der Waals surface area contributed by atoms with Gasteiger partial charge in [0.2, 0.25) is 0 Å². The third-order valence-corrected chi connectivity index (χ3v) is 6.17. The summed E-state index contributed by atoms with van der Waals surface area (Å²) in [7, 11) is 1.70. The third-order valence-electron chi connectivity index (χ3n) is 4.15. The fraction of sp³-hybridized carbons (Fsp3) is 0.0500. The van der Waals surface area contributed by atoms with E-state index in [0.29, 0.717) is 9.23 Å². The number of aromatic nitrogens is 2. The highest BCUT2D eigenvalue weighted by molar-refractivity contribution is 9.10. The zero-order valence-electron chi connectivity index (χ0n) is 14.3. The van der Waals surface area contributed by atoms with Gasteiger partial charge in [-0.15, -0.1) is 0 Å². The summed E-state index contributed by atoms with van der Waals surface area (Å²) in [5.74, 6) is -0.0841. The normalized spacial score (nSPS) is 15.8. The zero-order chi connectivity index (χ0) is 19.0. The topological polar surface area (TPSA) is 38.1 Å². The molecule has 4 nitrogen and oxygen atoms in total. The Hall–Kier alpha value is -2.22. The van der Waals surface area contributed by atoms with Crippen LogP contribution >= 0.6 is 39.9 Å². The van der Waals surface area contributed by atoms with Crippen LogP contribution in [0.15, 0.2) is 70.2 Å². The molecular weight excluding hydrogens is 442 g/mol. The summed E-state index contributed by atoms with van der Waals surface area (Å²) in [5, 5.41) is 4.78. The Kier molecular flexibility index (Phi) is 4.99. The van der Waals surface area contributed by atoms with Crippen LogP contribution in [0.4, 0.5) is 0 Å². The standard InChI is InChI=1S/C20H14BrN3OS2/c1-23-19(25)17(27-20(23)26)11-14-12-24(16-5-3-2-4-6-16)22-18(14)13-7-9-15(21)10-8-13/h2-12H,1H3. The van der Waals surface area contributed by atoms with E-state index in [2.05, 4.69) is 15.9 Å². The molecule has 1 amide bonds. The lowest BCUT2D eigenvalue weighted by molar-refractivity contribution is -0.121. The van der Waals surface area contributed by atoms with E-state index < -0.39 is 0 Å². The van der Waals surface area contributed by atoms with Crippen molar-refractivity contribution in [1.82, 2.24) is 14.7 Å². The van der Waals surface area contributed by atoms with Gasteiger partial charge in [0.1, 0.15) is 4.32 Å². The minimum Gasteiger partial charge on any atom is -0.296 e. The number of benzene rings is 2. The van der Waals surface area contributed by atoms with E-state index in [1.807, 2.05) is 71.6 Å². The molecule has 0 aliphatic carbocycles.